The Morgan fingerprint density at radius 1 is 1.32 bits per heavy atom. The third-order valence-electron chi connectivity index (χ3n) is 2.80. The zero-order valence-electron chi connectivity index (χ0n) is 10.7. The molecule has 0 spiro atoms. The molecule has 2 aromatic heterocycles. The first kappa shape index (κ1) is 13.3. The number of esters is 1. The average molecular weight is 283 g/mol. The molecule has 0 fully saturated rings. The molecule has 0 radical (unpaired) electrons. The number of ether oxygens (including phenoxy) is 1. The summed E-state index contributed by atoms with van der Waals surface area (Å²) >= 11 is 0.980. The van der Waals surface area contributed by atoms with Gasteiger partial charge in [0.05, 0.1) is 12.1 Å². The molecule has 0 amide bonds. The molecule has 2 N–H and O–H groups in total. The Morgan fingerprint density at radius 3 is 2.53 bits per heavy atom. The van der Waals surface area contributed by atoms with Crippen molar-refractivity contribution in [1.29, 1.82) is 0 Å². The van der Waals surface area contributed by atoms with E-state index in [2.05, 4.69) is 0 Å². The molecule has 7 nitrogen and oxygen atoms in total. The van der Waals surface area contributed by atoms with Crippen molar-refractivity contribution in [2.75, 3.05) is 12.3 Å². The highest BCUT2D eigenvalue weighted by atomic mass is 32.1. The molecular formula is C11H13N3O4S. The quantitative estimate of drug-likeness (QED) is 0.786. The lowest BCUT2D eigenvalue weighted by Gasteiger charge is -2.06. The fourth-order valence-corrected chi connectivity index (χ4v) is 2.93. The number of carbonyl (C=O) groups is 1. The molecular weight excluding hydrogens is 270 g/mol. The lowest BCUT2D eigenvalue weighted by molar-refractivity contribution is 0.0530. The Kier molecular flexibility index (Phi) is 3.19. The summed E-state index contributed by atoms with van der Waals surface area (Å²) in [6.45, 7) is 1.86. The number of anilines is 1. The summed E-state index contributed by atoms with van der Waals surface area (Å²) in [5, 5.41) is 0.173. The minimum Gasteiger partial charge on any atom is -0.462 e. The van der Waals surface area contributed by atoms with Crippen LogP contribution in [0.3, 0.4) is 0 Å². The van der Waals surface area contributed by atoms with Crippen molar-refractivity contribution in [2.45, 2.75) is 6.92 Å². The predicted molar refractivity (Wildman–Crippen MR) is 72.7 cm³/mol. The lowest BCUT2D eigenvalue weighted by Crippen LogP contribution is -2.36. The predicted octanol–water partition coefficient (Wildman–Crippen LogP) is 0.0576. The Bertz CT molecular complexity index is 784. The van der Waals surface area contributed by atoms with E-state index < -0.39 is 17.2 Å². The summed E-state index contributed by atoms with van der Waals surface area (Å²) in [6, 6.07) is 0. The van der Waals surface area contributed by atoms with Crippen molar-refractivity contribution < 1.29 is 9.53 Å². The Morgan fingerprint density at radius 2 is 1.95 bits per heavy atom. The van der Waals surface area contributed by atoms with Gasteiger partial charge in [0.15, 0.2) is 0 Å². The molecule has 19 heavy (non-hydrogen) atoms. The van der Waals surface area contributed by atoms with Gasteiger partial charge in [0.2, 0.25) is 0 Å². The SMILES string of the molecule is CCOC(=O)c1c(N)sc2c(=O)n(C)c(=O)n(C)c12. The van der Waals surface area contributed by atoms with Gasteiger partial charge in [-0.15, -0.1) is 11.3 Å². The van der Waals surface area contributed by atoms with E-state index in [0.717, 1.165) is 15.9 Å². The molecule has 2 heterocycles. The first-order valence-electron chi connectivity index (χ1n) is 5.55. The molecule has 0 aromatic carbocycles. The standard InChI is InChI=1S/C11H13N3O4S/c1-4-18-10(16)5-6-7(19-8(5)12)9(15)14(3)11(17)13(6)2/h4,12H2,1-3H3. The molecule has 0 unspecified atom stereocenters. The summed E-state index contributed by atoms with van der Waals surface area (Å²) in [4.78, 5) is 35.8. The number of hydrogen-bond acceptors (Lipinski definition) is 6. The van der Waals surface area contributed by atoms with E-state index in [1.54, 1.807) is 6.92 Å². The molecule has 2 aromatic rings. The summed E-state index contributed by atoms with van der Waals surface area (Å²) in [7, 11) is 2.86. The van der Waals surface area contributed by atoms with E-state index in [1.165, 1.54) is 18.7 Å². The van der Waals surface area contributed by atoms with Crippen LogP contribution >= 0.6 is 11.3 Å². The largest absolute Gasteiger partial charge is 0.462 e. The smallest absolute Gasteiger partial charge is 0.343 e. The molecule has 8 heteroatoms. The molecule has 0 bridgehead atoms. The van der Waals surface area contributed by atoms with Crippen molar-refractivity contribution in [1.82, 2.24) is 9.13 Å². The van der Waals surface area contributed by atoms with Crippen molar-refractivity contribution in [3.8, 4) is 0 Å². The maximum absolute atomic E-state index is 12.0. The number of carbonyl (C=O) groups excluding carboxylic acids is 1. The fraction of sp³-hybridized carbons (Fsp3) is 0.364. The monoisotopic (exact) mass is 283 g/mol. The van der Waals surface area contributed by atoms with Crippen LogP contribution in [0.15, 0.2) is 9.59 Å². The number of hydrogen-bond donors (Lipinski definition) is 1. The maximum atomic E-state index is 12.0. The van der Waals surface area contributed by atoms with Gasteiger partial charge in [-0.05, 0) is 6.92 Å². The number of nitrogens with zero attached hydrogens (tertiary/aromatic N) is 2. The zero-order chi connectivity index (χ0) is 14.3. The van der Waals surface area contributed by atoms with Crippen LogP contribution < -0.4 is 17.0 Å². The average Bonchev–Trinajstić information content (AvgIpc) is 2.72. The van der Waals surface area contributed by atoms with Crippen LogP contribution in [0.2, 0.25) is 0 Å². The Balaban J connectivity index is 2.96. The van der Waals surface area contributed by atoms with Gasteiger partial charge in [-0.3, -0.25) is 13.9 Å². The van der Waals surface area contributed by atoms with Gasteiger partial charge < -0.3 is 10.5 Å². The summed E-state index contributed by atoms with van der Waals surface area (Å²) < 4.78 is 7.38. The van der Waals surface area contributed by atoms with E-state index in [9.17, 15) is 14.4 Å². The van der Waals surface area contributed by atoms with Crippen molar-refractivity contribution in [2.24, 2.45) is 14.1 Å². The van der Waals surface area contributed by atoms with Gasteiger partial charge in [0.1, 0.15) is 15.3 Å². The lowest BCUT2D eigenvalue weighted by atomic mass is 10.2. The molecule has 0 aliphatic carbocycles. The van der Waals surface area contributed by atoms with Gasteiger partial charge in [-0.25, -0.2) is 9.59 Å². The van der Waals surface area contributed by atoms with Gasteiger partial charge in [-0.2, -0.15) is 0 Å². The van der Waals surface area contributed by atoms with Crippen LogP contribution in [-0.2, 0) is 18.8 Å². The van der Waals surface area contributed by atoms with E-state index in [1.807, 2.05) is 0 Å². The fourth-order valence-electron chi connectivity index (χ4n) is 1.86. The molecule has 0 saturated heterocycles. The number of thiophene rings is 1. The third-order valence-corrected chi connectivity index (χ3v) is 3.79. The summed E-state index contributed by atoms with van der Waals surface area (Å²) in [5.74, 6) is -0.630. The molecule has 102 valence electrons. The highest BCUT2D eigenvalue weighted by molar-refractivity contribution is 7.23. The Labute approximate surface area is 111 Å². The highest BCUT2D eigenvalue weighted by Crippen LogP contribution is 2.30. The van der Waals surface area contributed by atoms with Crippen LogP contribution in [0.4, 0.5) is 5.00 Å². The number of rotatable bonds is 2. The van der Waals surface area contributed by atoms with Crippen LogP contribution in [0.5, 0.6) is 0 Å². The molecule has 0 saturated carbocycles. The number of nitrogens with two attached hydrogens (primary N) is 1. The van der Waals surface area contributed by atoms with E-state index in [-0.39, 0.29) is 27.4 Å². The van der Waals surface area contributed by atoms with Gasteiger partial charge in [-0.1, -0.05) is 0 Å². The first-order valence-corrected chi connectivity index (χ1v) is 6.36. The van der Waals surface area contributed by atoms with Crippen molar-refractivity contribution in [3.63, 3.8) is 0 Å². The van der Waals surface area contributed by atoms with Crippen LogP contribution in [-0.4, -0.2) is 21.7 Å². The summed E-state index contributed by atoms with van der Waals surface area (Å²) in [5.41, 5.74) is 5.11. The van der Waals surface area contributed by atoms with E-state index in [0.29, 0.717) is 0 Å². The minimum atomic E-state index is -0.630. The van der Waals surface area contributed by atoms with Gasteiger partial charge >= 0.3 is 11.7 Å². The molecule has 0 atom stereocenters. The first-order chi connectivity index (χ1) is 8.90. The van der Waals surface area contributed by atoms with Crippen LogP contribution in [0, 0.1) is 0 Å². The van der Waals surface area contributed by atoms with Crippen LogP contribution in [0.25, 0.3) is 10.2 Å². The normalized spacial score (nSPS) is 10.9. The van der Waals surface area contributed by atoms with Crippen molar-refractivity contribution >= 4 is 32.5 Å². The number of fused-ring (bicyclic) bond motifs is 1. The zero-order valence-corrected chi connectivity index (χ0v) is 11.5. The minimum absolute atomic E-state index is 0.0825. The second kappa shape index (κ2) is 4.54. The number of nitrogen functional groups attached to an aromatic ring is 1. The third kappa shape index (κ3) is 1.84. The topological polar surface area (TPSA) is 96.3 Å². The Hall–Kier alpha value is -2.09. The van der Waals surface area contributed by atoms with Crippen molar-refractivity contribution in [3.05, 3.63) is 26.4 Å². The number of aryl methyl sites for hydroxylation is 1. The second-order valence-corrected chi connectivity index (χ2v) is 5.00. The van der Waals surface area contributed by atoms with E-state index >= 15 is 0 Å². The van der Waals surface area contributed by atoms with Gasteiger partial charge in [0.25, 0.3) is 5.56 Å². The molecule has 0 aliphatic rings. The maximum Gasteiger partial charge on any atom is 0.343 e. The number of aromatic nitrogens is 2. The second-order valence-electron chi connectivity index (χ2n) is 3.95. The molecule has 2 rings (SSSR count). The summed E-state index contributed by atoms with van der Waals surface area (Å²) in [6.07, 6.45) is 0. The molecule has 0 aliphatic heterocycles. The highest BCUT2D eigenvalue weighted by Gasteiger charge is 2.23. The van der Waals surface area contributed by atoms with Crippen LogP contribution in [0.1, 0.15) is 17.3 Å². The van der Waals surface area contributed by atoms with E-state index in [4.69, 9.17) is 10.5 Å². The van der Waals surface area contributed by atoms with Gasteiger partial charge in [0, 0.05) is 14.1 Å².